The first kappa shape index (κ1) is 11.3. The van der Waals surface area contributed by atoms with Crippen molar-refractivity contribution in [2.45, 2.75) is 19.3 Å². The van der Waals surface area contributed by atoms with Crippen molar-refractivity contribution in [3.8, 4) is 0 Å². The molecule has 0 amide bonds. The Bertz CT molecular complexity index is 342. The van der Waals surface area contributed by atoms with Crippen molar-refractivity contribution >= 4 is 33.0 Å². The largest absolute Gasteiger partial charge is 0.381 e. The average Bonchev–Trinajstić information content (AvgIpc) is 2.66. The van der Waals surface area contributed by atoms with Gasteiger partial charge in [0.15, 0.2) is 5.78 Å². The van der Waals surface area contributed by atoms with E-state index >= 15 is 0 Å². The number of ether oxygens (including phenoxy) is 1. The lowest BCUT2D eigenvalue weighted by Crippen LogP contribution is -2.18. The topological polar surface area (TPSA) is 26.3 Å². The van der Waals surface area contributed by atoms with Gasteiger partial charge in [-0.1, -0.05) is 0 Å². The van der Waals surface area contributed by atoms with E-state index in [0.29, 0.717) is 12.3 Å². The summed E-state index contributed by atoms with van der Waals surface area (Å²) in [7, 11) is 0. The summed E-state index contributed by atoms with van der Waals surface area (Å²) >= 11 is 4.94. The van der Waals surface area contributed by atoms with E-state index in [4.69, 9.17) is 4.74 Å². The second-order valence-electron chi connectivity index (χ2n) is 3.82. The third-order valence-electron chi connectivity index (χ3n) is 2.70. The van der Waals surface area contributed by atoms with E-state index in [1.54, 1.807) is 11.3 Å². The molecule has 15 heavy (non-hydrogen) atoms. The highest BCUT2D eigenvalue weighted by Crippen LogP contribution is 2.25. The maximum absolute atomic E-state index is 11.9. The molecule has 2 rings (SSSR count). The van der Waals surface area contributed by atoms with Crippen LogP contribution in [0, 0.1) is 5.92 Å². The Balaban J connectivity index is 1.91. The number of thiophene rings is 1. The molecule has 0 unspecified atom stereocenters. The summed E-state index contributed by atoms with van der Waals surface area (Å²) in [5, 5.41) is 1.92. The van der Waals surface area contributed by atoms with Crippen LogP contribution >= 0.6 is 27.3 Å². The first-order chi connectivity index (χ1) is 7.25. The molecule has 0 aromatic carbocycles. The first-order valence-electron chi connectivity index (χ1n) is 5.10. The van der Waals surface area contributed by atoms with Gasteiger partial charge in [0.2, 0.25) is 0 Å². The lowest BCUT2D eigenvalue weighted by molar-refractivity contribution is 0.0601. The molecule has 1 aliphatic rings. The molecule has 0 aliphatic carbocycles. The molecule has 0 spiro atoms. The quantitative estimate of drug-likeness (QED) is 0.796. The van der Waals surface area contributed by atoms with E-state index < -0.39 is 0 Å². The van der Waals surface area contributed by atoms with E-state index in [1.165, 1.54) is 0 Å². The van der Waals surface area contributed by atoms with Crippen LogP contribution in [0.2, 0.25) is 0 Å². The maximum atomic E-state index is 11.9. The highest BCUT2D eigenvalue weighted by Gasteiger charge is 2.18. The van der Waals surface area contributed by atoms with Crippen LogP contribution in [0.15, 0.2) is 15.2 Å². The monoisotopic (exact) mass is 288 g/mol. The molecule has 0 radical (unpaired) electrons. The molecular formula is C11H13BrO2S. The van der Waals surface area contributed by atoms with Crippen molar-refractivity contribution in [3.05, 3.63) is 20.8 Å². The van der Waals surface area contributed by atoms with Gasteiger partial charge in [-0.05, 0) is 40.8 Å². The Morgan fingerprint density at radius 2 is 2.27 bits per heavy atom. The van der Waals surface area contributed by atoms with Crippen LogP contribution in [0.1, 0.15) is 29.6 Å². The molecule has 4 heteroatoms. The van der Waals surface area contributed by atoms with Crippen LogP contribution in [0.3, 0.4) is 0 Å². The minimum Gasteiger partial charge on any atom is -0.381 e. The smallest absolute Gasteiger partial charge is 0.164 e. The SMILES string of the molecule is O=C(CC1CCOCC1)c1csc(Br)c1. The zero-order chi connectivity index (χ0) is 10.7. The minimum absolute atomic E-state index is 0.267. The summed E-state index contributed by atoms with van der Waals surface area (Å²) in [6.45, 7) is 1.62. The molecule has 1 aliphatic heterocycles. The van der Waals surface area contributed by atoms with Crippen molar-refractivity contribution in [1.29, 1.82) is 0 Å². The third kappa shape index (κ3) is 3.13. The van der Waals surface area contributed by atoms with Gasteiger partial charge in [-0.25, -0.2) is 0 Å². The van der Waals surface area contributed by atoms with E-state index in [9.17, 15) is 4.79 Å². The predicted octanol–water partition coefficient (Wildman–Crippen LogP) is 3.51. The average molecular weight is 289 g/mol. The molecule has 2 heterocycles. The van der Waals surface area contributed by atoms with Crippen LogP contribution in [0.4, 0.5) is 0 Å². The molecule has 0 bridgehead atoms. The van der Waals surface area contributed by atoms with Gasteiger partial charge in [0.1, 0.15) is 0 Å². The third-order valence-corrected chi connectivity index (χ3v) is 4.21. The molecule has 2 nitrogen and oxygen atoms in total. The molecule has 0 N–H and O–H groups in total. The summed E-state index contributed by atoms with van der Waals surface area (Å²) in [5.74, 6) is 0.786. The lowest BCUT2D eigenvalue weighted by Gasteiger charge is -2.20. The summed E-state index contributed by atoms with van der Waals surface area (Å²) in [6.07, 6.45) is 2.72. The maximum Gasteiger partial charge on any atom is 0.164 e. The number of rotatable bonds is 3. The Labute approximate surface area is 102 Å². The standard InChI is InChI=1S/C11H13BrO2S/c12-11-6-9(7-15-11)10(13)5-8-1-3-14-4-2-8/h6-8H,1-5H2. The van der Waals surface area contributed by atoms with Crippen molar-refractivity contribution in [2.24, 2.45) is 5.92 Å². The van der Waals surface area contributed by atoms with E-state index in [2.05, 4.69) is 15.9 Å². The zero-order valence-electron chi connectivity index (χ0n) is 8.37. The second kappa shape index (κ2) is 5.23. The molecular weight excluding hydrogens is 276 g/mol. The fourth-order valence-corrected chi connectivity index (χ4v) is 2.95. The van der Waals surface area contributed by atoms with Gasteiger partial charge >= 0.3 is 0 Å². The van der Waals surface area contributed by atoms with Crippen LogP contribution in [0.5, 0.6) is 0 Å². The van der Waals surface area contributed by atoms with E-state index in [0.717, 1.165) is 35.4 Å². The van der Waals surface area contributed by atoms with Crippen molar-refractivity contribution < 1.29 is 9.53 Å². The number of halogens is 1. The Kier molecular flexibility index (Phi) is 3.94. The van der Waals surface area contributed by atoms with E-state index in [-0.39, 0.29) is 5.78 Å². The summed E-state index contributed by atoms with van der Waals surface area (Å²) in [4.78, 5) is 11.9. The highest BCUT2D eigenvalue weighted by molar-refractivity contribution is 9.11. The Morgan fingerprint density at radius 3 is 2.87 bits per heavy atom. The minimum atomic E-state index is 0.267. The molecule has 0 saturated carbocycles. The van der Waals surface area contributed by atoms with Crippen molar-refractivity contribution in [3.63, 3.8) is 0 Å². The van der Waals surface area contributed by atoms with Crippen LogP contribution < -0.4 is 0 Å². The number of ketones is 1. The summed E-state index contributed by atoms with van der Waals surface area (Å²) in [6, 6.07) is 1.91. The number of hydrogen-bond acceptors (Lipinski definition) is 3. The van der Waals surface area contributed by atoms with Gasteiger partial charge in [0, 0.05) is 30.6 Å². The number of Topliss-reactive ketones (excluding diaryl/α,β-unsaturated/α-hetero) is 1. The number of carbonyl (C=O) groups is 1. The van der Waals surface area contributed by atoms with E-state index in [1.807, 2.05) is 11.4 Å². The molecule has 1 aromatic heterocycles. The number of hydrogen-bond donors (Lipinski definition) is 0. The van der Waals surface area contributed by atoms with Gasteiger partial charge in [-0.15, -0.1) is 11.3 Å². The first-order valence-corrected chi connectivity index (χ1v) is 6.78. The van der Waals surface area contributed by atoms with Crippen LogP contribution in [-0.4, -0.2) is 19.0 Å². The van der Waals surface area contributed by atoms with Gasteiger partial charge in [-0.3, -0.25) is 4.79 Å². The van der Waals surface area contributed by atoms with Gasteiger partial charge in [0.25, 0.3) is 0 Å². The van der Waals surface area contributed by atoms with Crippen molar-refractivity contribution in [1.82, 2.24) is 0 Å². The zero-order valence-corrected chi connectivity index (χ0v) is 10.8. The lowest BCUT2D eigenvalue weighted by atomic mass is 9.93. The molecule has 1 aromatic rings. The fourth-order valence-electron chi connectivity index (χ4n) is 1.79. The van der Waals surface area contributed by atoms with Crippen LogP contribution in [0.25, 0.3) is 0 Å². The molecule has 82 valence electrons. The van der Waals surface area contributed by atoms with Gasteiger partial charge < -0.3 is 4.74 Å². The predicted molar refractivity (Wildman–Crippen MR) is 64.5 cm³/mol. The fraction of sp³-hybridized carbons (Fsp3) is 0.545. The number of carbonyl (C=O) groups excluding carboxylic acids is 1. The van der Waals surface area contributed by atoms with Gasteiger partial charge in [-0.2, -0.15) is 0 Å². The second-order valence-corrected chi connectivity index (χ2v) is 6.11. The van der Waals surface area contributed by atoms with Crippen molar-refractivity contribution in [2.75, 3.05) is 13.2 Å². The van der Waals surface area contributed by atoms with Crippen LogP contribution in [-0.2, 0) is 4.74 Å². The molecule has 1 fully saturated rings. The highest BCUT2D eigenvalue weighted by atomic mass is 79.9. The van der Waals surface area contributed by atoms with Gasteiger partial charge in [0.05, 0.1) is 3.79 Å². The summed E-state index contributed by atoms with van der Waals surface area (Å²) < 4.78 is 6.30. The molecule has 1 saturated heterocycles. The Morgan fingerprint density at radius 1 is 1.53 bits per heavy atom. The molecule has 0 atom stereocenters. The Hall–Kier alpha value is -0.190. The normalized spacial score (nSPS) is 17.9. The summed E-state index contributed by atoms with van der Waals surface area (Å²) in [5.41, 5.74) is 0.846.